The van der Waals surface area contributed by atoms with Gasteiger partial charge in [0.05, 0.1) is 0 Å². The molecule has 1 aromatic rings. The summed E-state index contributed by atoms with van der Waals surface area (Å²) in [6.45, 7) is 6.56. The van der Waals surface area contributed by atoms with E-state index in [4.69, 9.17) is 0 Å². The lowest BCUT2D eigenvalue weighted by atomic mass is 9.97. The first kappa shape index (κ1) is 12.6. The number of nitrogens with one attached hydrogen (secondary N) is 1. The van der Waals surface area contributed by atoms with E-state index in [9.17, 15) is 9.59 Å². The monoisotopic (exact) mass is 246 g/mol. The summed E-state index contributed by atoms with van der Waals surface area (Å²) < 4.78 is 0. The second-order valence-corrected chi connectivity index (χ2v) is 5.14. The van der Waals surface area contributed by atoms with E-state index >= 15 is 0 Å². The van der Waals surface area contributed by atoms with Crippen molar-refractivity contribution in [3.8, 4) is 0 Å². The van der Waals surface area contributed by atoms with Crippen molar-refractivity contribution in [2.24, 2.45) is 0 Å². The minimum absolute atomic E-state index is 0.0847. The fourth-order valence-corrected chi connectivity index (χ4v) is 2.19. The first-order valence-corrected chi connectivity index (χ1v) is 6.10. The molecule has 96 valence electrons. The number of rotatable bonds is 1. The van der Waals surface area contributed by atoms with E-state index in [-0.39, 0.29) is 11.8 Å². The molecule has 0 bridgehead atoms. The Morgan fingerprint density at radius 3 is 2.78 bits per heavy atom. The van der Waals surface area contributed by atoms with Crippen LogP contribution in [0.1, 0.15) is 29.8 Å². The Balaban J connectivity index is 2.31. The summed E-state index contributed by atoms with van der Waals surface area (Å²) in [5.41, 5.74) is 0.886. The lowest BCUT2D eigenvalue weighted by Gasteiger charge is -2.41. The number of nitrogens with zero attached hydrogens (tertiary/aromatic N) is 1. The zero-order chi connectivity index (χ0) is 13.3. The van der Waals surface area contributed by atoms with E-state index in [2.05, 4.69) is 5.32 Å². The van der Waals surface area contributed by atoms with E-state index in [1.54, 1.807) is 24.8 Å². The molecular formula is C14H18N2O2. The van der Waals surface area contributed by atoms with E-state index in [0.717, 1.165) is 5.56 Å². The molecule has 0 spiro atoms. The Hall–Kier alpha value is -1.84. The van der Waals surface area contributed by atoms with E-state index in [1.165, 1.54) is 0 Å². The van der Waals surface area contributed by atoms with Crippen molar-refractivity contribution in [3.63, 3.8) is 0 Å². The second-order valence-electron chi connectivity index (χ2n) is 5.14. The van der Waals surface area contributed by atoms with Gasteiger partial charge in [-0.05, 0) is 32.9 Å². The van der Waals surface area contributed by atoms with Crippen LogP contribution >= 0.6 is 0 Å². The van der Waals surface area contributed by atoms with Gasteiger partial charge in [-0.2, -0.15) is 0 Å². The smallest absolute Gasteiger partial charge is 0.254 e. The second kappa shape index (κ2) is 4.44. The van der Waals surface area contributed by atoms with Gasteiger partial charge in [0, 0.05) is 18.7 Å². The molecule has 0 saturated carbocycles. The quantitative estimate of drug-likeness (QED) is 0.813. The number of hydrogen-bond acceptors (Lipinski definition) is 2. The zero-order valence-electron chi connectivity index (χ0n) is 11.0. The lowest BCUT2D eigenvalue weighted by molar-refractivity contribution is -0.133. The third-order valence-corrected chi connectivity index (χ3v) is 3.36. The van der Waals surface area contributed by atoms with Crippen LogP contribution in [0.5, 0.6) is 0 Å². The highest BCUT2D eigenvalue weighted by Crippen LogP contribution is 2.20. The normalized spacial score (nSPS) is 18.4. The fourth-order valence-electron chi connectivity index (χ4n) is 2.19. The molecule has 0 atom stereocenters. The van der Waals surface area contributed by atoms with E-state index in [1.807, 2.05) is 25.1 Å². The molecular weight excluding hydrogens is 228 g/mol. The van der Waals surface area contributed by atoms with Crippen LogP contribution in [0.25, 0.3) is 0 Å². The Labute approximate surface area is 107 Å². The molecule has 1 aliphatic heterocycles. The molecule has 1 fully saturated rings. The van der Waals surface area contributed by atoms with Gasteiger partial charge in [0.25, 0.3) is 5.91 Å². The molecule has 2 amide bonds. The van der Waals surface area contributed by atoms with Crippen LogP contribution < -0.4 is 5.32 Å². The van der Waals surface area contributed by atoms with Gasteiger partial charge in [-0.25, -0.2) is 0 Å². The SMILES string of the molecule is Cc1cccc(C(=O)N2CCNC(=O)C2(C)C)c1. The summed E-state index contributed by atoms with van der Waals surface area (Å²) in [5, 5.41) is 2.79. The number of piperazine rings is 1. The number of carbonyl (C=O) groups is 2. The largest absolute Gasteiger partial charge is 0.352 e. The first-order valence-electron chi connectivity index (χ1n) is 6.10. The molecule has 1 saturated heterocycles. The van der Waals surface area contributed by atoms with Crippen LogP contribution in [-0.2, 0) is 4.79 Å². The van der Waals surface area contributed by atoms with Crippen molar-refractivity contribution in [1.82, 2.24) is 10.2 Å². The van der Waals surface area contributed by atoms with Gasteiger partial charge in [0.1, 0.15) is 5.54 Å². The molecule has 1 aliphatic rings. The molecule has 0 unspecified atom stereocenters. The summed E-state index contributed by atoms with van der Waals surface area (Å²) in [6, 6.07) is 7.45. The van der Waals surface area contributed by atoms with Crippen molar-refractivity contribution in [3.05, 3.63) is 35.4 Å². The Morgan fingerprint density at radius 2 is 2.11 bits per heavy atom. The van der Waals surface area contributed by atoms with Crippen LogP contribution in [0, 0.1) is 6.92 Å². The lowest BCUT2D eigenvalue weighted by Crippen LogP contribution is -2.63. The molecule has 1 N–H and O–H groups in total. The van der Waals surface area contributed by atoms with E-state index < -0.39 is 5.54 Å². The maximum absolute atomic E-state index is 12.5. The highest BCUT2D eigenvalue weighted by atomic mass is 16.2. The van der Waals surface area contributed by atoms with Gasteiger partial charge in [-0.3, -0.25) is 9.59 Å². The molecule has 4 heteroatoms. The summed E-state index contributed by atoms with van der Waals surface area (Å²) in [6.07, 6.45) is 0. The van der Waals surface area contributed by atoms with Crippen molar-refractivity contribution in [2.45, 2.75) is 26.3 Å². The maximum atomic E-state index is 12.5. The molecule has 1 aromatic carbocycles. The molecule has 0 radical (unpaired) electrons. The van der Waals surface area contributed by atoms with Crippen LogP contribution in [0.2, 0.25) is 0 Å². The van der Waals surface area contributed by atoms with Crippen LogP contribution in [-0.4, -0.2) is 35.3 Å². The molecule has 4 nitrogen and oxygen atoms in total. The standard InChI is InChI=1S/C14H18N2O2/c1-10-5-4-6-11(9-10)12(17)16-8-7-15-13(18)14(16,2)3/h4-6,9H,7-8H2,1-3H3,(H,15,18). The first-order chi connectivity index (χ1) is 8.43. The van der Waals surface area contributed by atoms with Gasteiger partial charge in [0.15, 0.2) is 0 Å². The minimum atomic E-state index is -0.793. The predicted octanol–water partition coefficient (Wildman–Crippen LogP) is 1.35. The average molecular weight is 246 g/mol. The summed E-state index contributed by atoms with van der Waals surface area (Å²) in [7, 11) is 0. The molecule has 2 rings (SSSR count). The summed E-state index contributed by atoms with van der Waals surface area (Å²) in [5.74, 6) is -0.187. The van der Waals surface area contributed by atoms with Crippen molar-refractivity contribution in [1.29, 1.82) is 0 Å². The Morgan fingerprint density at radius 1 is 1.39 bits per heavy atom. The summed E-state index contributed by atoms with van der Waals surface area (Å²) >= 11 is 0. The average Bonchev–Trinajstić information content (AvgIpc) is 2.32. The van der Waals surface area contributed by atoms with Gasteiger partial charge >= 0.3 is 0 Å². The number of benzene rings is 1. The Bertz CT molecular complexity index is 494. The van der Waals surface area contributed by atoms with Crippen molar-refractivity contribution < 1.29 is 9.59 Å². The molecule has 0 aliphatic carbocycles. The van der Waals surface area contributed by atoms with Gasteiger partial charge in [0.2, 0.25) is 5.91 Å². The molecule has 18 heavy (non-hydrogen) atoms. The topological polar surface area (TPSA) is 49.4 Å². The highest BCUT2D eigenvalue weighted by molar-refractivity contribution is 5.99. The van der Waals surface area contributed by atoms with Gasteiger partial charge in [-0.15, -0.1) is 0 Å². The third-order valence-electron chi connectivity index (χ3n) is 3.36. The third kappa shape index (κ3) is 2.10. The molecule has 0 aromatic heterocycles. The summed E-state index contributed by atoms with van der Waals surface area (Å²) in [4.78, 5) is 25.9. The van der Waals surface area contributed by atoms with Crippen LogP contribution in [0.15, 0.2) is 24.3 Å². The minimum Gasteiger partial charge on any atom is -0.352 e. The Kier molecular flexibility index (Phi) is 3.11. The fraction of sp³-hybridized carbons (Fsp3) is 0.429. The van der Waals surface area contributed by atoms with Crippen molar-refractivity contribution in [2.75, 3.05) is 13.1 Å². The van der Waals surface area contributed by atoms with Gasteiger partial charge in [-0.1, -0.05) is 17.7 Å². The van der Waals surface area contributed by atoms with E-state index in [0.29, 0.717) is 18.7 Å². The molecule has 1 heterocycles. The number of carbonyl (C=O) groups excluding carboxylic acids is 2. The van der Waals surface area contributed by atoms with Gasteiger partial charge < -0.3 is 10.2 Å². The maximum Gasteiger partial charge on any atom is 0.254 e. The van der Waals surface area contributed by atoms with Crippen LogP contribution in [0.3, 0.4) is 0 Å². The number of aryl methyl sites for hydroxylation is 1. The number of hydrogen-bond donors (Lipinski definition) is 1. The van der Waals surface area contributed by atoms with Crippen molar-refractivity contribution >= 4 is 11.8 Å². The predicted molar refractivity (Wildman–Crippen MR) is 69.3 cm³/mol. The zero-order valence-corrected chi connectivity index (χ0v) is 11.0. The highest BCUT2D eigenvalue weighted by Gasteiger charge is 2.40. The number of amides is 2. The van der Waals surface area contributed by atoms with Crippen LogP contribution in [0.4, 0.5) is 0 Å².